The summed E-state index contributed by atoms with van der Waals surface area (Å²) in [6.07, 6.45) is 0. The molecule has 0 saturated heterocycles. The monoisotopic (exact) mass is 158 g/mol. The topological polar surface area (TPSA) is 24.1 Å². The molecular weight excluding hydrogens is 136 g/mol. The summed E-state index contributed by atoms with van der Waals surface area (Å²) in [5, 5.41) is 6.71. The van der Waals surface area contributed by atoms with Crippen LogP contribution < -0.4 is 10.6 Å². The fraction of sp³-hybridized carbons (Fsp3) is 1.00. The van der Waals surface area contributed by atoms with Gasteiger partial charge in [-0.2, -0.15) is 0 Å². The maximum atomic E-state index is 3.36. The predicted molar refractivity (Wildman–Crippen MR) is 50.9 cm³/mol. The van der Waals surface area contributed by atoms with E-state index in [0.717, 1.165) is 26.2 Å². The van der Waals surface area contributed by atoms with Crippen LogP contribution in [0.25, 0.3) is 0 Å². The number of hydrogen-bond acceptors (Lipinski definition) is 2. The Balaban J connectivity index is 3.43. The van der Waals surface area contributed by atoms with Crippen LogP contribution in [-0.4, -0.2) is 26.2 Å². The maximum Gasteiger partial charge on any atom is 0.00145 e. The Morgan fingerprint density at radius 3 is 1.55 bits per heavy atom. The fourth-order valence-electron chi connectivity index (χ4n) is 0.989. The summed E-state index contributed by atoms with van der Waals surface area (Å²) in [5.41, 5.74) is 0.381. The number of rotatable bonds is 6. The highest BCUT2D eigenvalue weighted by atomic mass is 14.9. The molecule has 0 bridgehead atoms. The van der Waals surface area contributed by atoms with Gasteiger partial charge in [0, 0.05) is 13.1 Å². The van der Waals surface area contributed by atoms with Gasteiger partial charge in [0.15, 0.2) is 0 Å². The molecule has 0 saturated carbocycles. The highest BCUT2D eigenvalue weighted by Crippen LogP contribution is 2.10. The van der Waals surface area contributed by atoms with Crippen LogP contribution in [0, 0.1) is 5.41 Å². The van der Waals surface area contributed by atoms with E-state index in [-0.39, 0.29) is 0 Å². The van der Waals surface area contributed by atoms with Crippen LogP contribution in [0.3, 0.4) is 0 Å². The summed E-state index contributed by atoms with van der Waals surface area (Å²) in [6, 6.07) is 0. The molecule has 2 nitrogen and oxygen atoms in total. The van der Waals surface area contributed by atoms with Crippen LogP contribution in [0.5, 0.6) is 0 Å². The highest BCUT2D eigenvalue weighted by Gasteiger charge is 2.15. The lowest BCUT2D eigenvalue weighted by Crippen LogP contribution is -2.37. The SMILES string of the molecule is CCNCC(C)(C)CNCC. The Morgan fingerprint density at radius 2 is 1.27 bits per heavy atom. The van der Waals surface area contributed by atoms with E-state index >= 15 is 0 Å². The molecule has 0 fully saturated rings. The molecule has 68 valence electrons. The molecule has 0 aromatic heterocycles. The van der Waals surface area contributed by atoms with Crippen molar-refractivity contribution in [3.8, 4) is 0 Å². The standard InChI is InChI=1S/C9H22N2/c1-5-10-7-9(3,4)8-11-6-2/h10-11H,5-8H2,1-4H3. The maximum absolute atomic E-state index is 3.36. The van der Waals surface area contributed by atoms with Gasteiger partial charge < -0.3 is 10.6 Å². The van der Waals surface area contributed by atoms with E-state index in [4.69, 9.17) is 0 Å². The van der Waals surface area contributed by atoms with Gasteiger partial charge in [-0.1, -0.05) is 27.7 Å². The third kappa shape index (κ3) is 6.32. The molecule has 2 N–H and O–H groups in total. The summed E-state index contributed by atoms with van der Waals surface area (Å²) >= 11 is 0. The van der Waals surface area contributed by atoms with Crippen molar-refractivity contribution in [3.05, 3.63) is 0 Å². The van der Waals surface area contributed by atoms with Crippen molar-refractivity contribution in [3.63, 3.8) is 0 Å². The first-order valence-corrected chi connectivity index (χ1v) is 4.54. The van der Waals surface area contributed by atoms with Crippen molar-refractivity contribution in [1.82, 2.24) is 10.6 Å². The van der Waals surface area contributed by atoms with Gasteiger partial charge in [-0.3, -0.25) is 0 Å². The second kappa shape index (κ2) is 5.56. The minimum absolute atomic E-state index is 0.381. The van der Waals surface area contributed by atoms with Crippen molar-refractivity contribution >= 4 is 0 Å². The zero-order chi connectivity index (χ0) is 8.74. The normalized spacial score (nSPS) is 12.0. The summed E-state index contributed by atoms with van der Waals surface area (Å²) in [4.78, 5) is 0. The van der Waals surface area contributed by atoms with Crippen LogP contribution in [0.2, 0.25) is 0 Å². The smallest absolute Gasteiger partial charge is 0.00145 e. The molecule has 0 aliphatic carbocycles. The first-order chi connectivity index (χ1) is 5.12. The largest absolute Gasteiger partial charge is 0.316 e. The van der Waals surface area contributed by atoms with Crippen molar-refractivity contribution in [2.24, 2.45) is 5.41 Å². The van der Waals surface area contributed by atoms with E-state index in [2.05, 4.69) is 38.3 Å². The van der Waals surface area contributed by atoms with Gasteiger partial charge in [-0.15, -0.1) is 0 Å². The van der Waals surface area contributed by atoms with Gasteiger partial charge in [0.05, 0.1) is 0 Å². The Hall–Kier alpha value is -0.0800. The molecule has 0 spiro atoms. The summed E-state index contributed by atoms with van der Waals surface area (Å²) < 4.78 is 0. The number of hydrogen-bond donors (Lipinski definition) is 2. The van der Waals surface area contributed by atoms with Crippen molar-refractivity contribution in [2.45, 2.75) is 27.7 Å². The van der Waals surface area contributed by atoms with Gasteiger partial charge in [-0.05, 0) is 18.5 Å². The third-order valence-corrected chi connectivity index (χ3v) is 1.71. The van der Waals surface area contributed by atoms with Crippen molar-refractivity contribution in [1.29, 1.82) is 0 Å². The lowest BCUT2D eigenvalue weighted by molar-refractivity contribution is 0.326. The molecule has 0 aromatic rings. The van der Waals surface area contributed by atoms with Gasteiger partial charge >= 0.3 is 0 Å². The zero-order valence-electron chi connectivity index (χ0n) is 8.33. The van der Waals surface area contributed by atoms with Crippen LogP contribution in [0.1, 0.15) is 27.7 Å². The van der Waals surface area contributed by atoms with Gasteiger partial charge in [-0.25, -0.2) is 0 Å². The van der Waals surface area contributed by atoms with Crippen molar-refractivity contribution < 1.29 is 0 Å². The summed E-state index contributed by atoms with van der Waals surface area (Å²) in [5.74, 6) is 0. The molecule has 0 aliphatic rings. The molecule has 11 heavy (non-hydrogen) atoms. The highest BCUT2D eigenvalue weighted by molar-refractivity contribution is 4.73. The Kier molecular flexibility index (Phi) is 5.51. The quantitative estimate of drug-likeness (QED) is 0.607. The first kappa shape index (κ1) is 10.9. The Labute approximate surface area is 70.8 Å². The zero-order valence-corrected chi connectivity index (χ0v) is 8.33. The van der Waals surface area contributed by atoms with Crippen LogP contribution in [0.4, 0.5) is 0 Å². The summed E-state index contributed by atoms with van der Waals surface area (Å²) in [7, 11) is 0. The third-order valence-electron chi connectivity index (χ3n) is 1.71. The second-order valence-electron chi connectivity index (χ2n) is 3.72. The molecule has 0 atom stereocenters. The molecule has 0 unspecified atom stereocenters. The van der Waals surface area contributed by atoms with E-state index in [1.165, 1.54) is 0 Å². The molecule has 0 radical (unpaired) electrons. The molecule has 0 aromatic carbocycles. The molecular formula is C9H22N2. The Bertz CT molecular complexity index is 79.6. The molecule has 0 amide bonds. The van der Waals surface area contributed by atoms with E-state index < -0.39 is 0 Å². The van der Waals surface area contributed by atoms with E-state index in [0.29, 0.717) is 5.41 Å². The molecule has 2 heteroatoms. The van der Waals surface area contributed by atoms with Crippen molar-refractivity contribution in [2.75, 3.05) is 26.2 Å². The molecule has 0 rings (SSSR count). The van der Waals surface area contributed by atoms with Crippen LogP contribution in [0.15, 0.2) is 0 Å². The van der Waals surface area contributed by atoms with Gasteiger partial charge in [0.2, 0.25) is 0 Å². The first-order valence-electron chi connectivity index (χ1n) is 4.54. The van der Waals surface area contributed by atoms with Crippen LogP contribution in [-0.2, 0) is 0 Å². The summed E-state index contributed by atoms with van der Waals surface area (Å²) in [6.45, 7) is 13.2. The number of nitrogens with one attached hydrogen (secondary N) is 2. The van der Waals surface area contributed by atoms with E-state index in [1.807, 2.05) is 0 Å². The van der Waals surface area contributed by atoms with E-state index in [1.54, 1.807) is 0 Å². The lowest BCUT2D eigenvalue weighted by atomic mass is 9.93. The Morgan fingerprint density at radius 1 is 0.909 bits per heavy atom. The predicted octanol–water partition coefficient (Wildman–Crippen LogP) is 1.23. The minimum Gasteiger partial charge on any atom is -0.316 e. The van der Waals surface area contributed by atoms with E-state index in [9.17, 15) is 0 Å². The molecule has 0 heterocycles. The fourth-order valence-corrected chi connectivity index (χ4v) is 0.989. The van der Waals surface area contributed by atoms with Gasteiger partial charge in [0.25, 0.3) is 0 Å². The average molecular weight is 158 g/mol. The molecule has 0 aliphatic heterocycles. The second-order valence-corrected chi connectivity index (χ2v) is 3.72. The minimum atomic E-state index is 0.381. The van der Waals surface area contributed by atoms with Gasteiger partial charge in [0.1, 0.15) is 0 Å². The van der Waals surface area contributed by atoms with Crippen LogP contribution >= 0.6 is 0 Å². The average Bonchev–Trinajstić information content (AvgIpc) is 1.97. The lowest BCUT2D eigenvalue weighted by Gasteiger charge is -2.24.